The maximum Gasteiger partial charge on any atom is 0.475 e. The molecule has 0 atom stereocenters. The average molecular weight is 390 g/mol. The molecule has 0 fully saturated rings. The predicted molar refractivity (Wildman–Crippen MR) is 53.1 cm³/mol. The van der Waals surface area contributed by atoms with Crippen LogP contribution in [0.1, 0.15) is 6.92 Å². The second kappa shape index (κ2) is 7.11. The van der Waals surface area contributed by atoms with Crippen molar-refractivity contribution in [2.24, 2.45) is 0 Å². The molecule has 0 saturated carbocycles. The molecule has 140 valence electrons. The summed E-state index contributed by atoms with van der Waals surface area (Å²) in [5.41, 5.74) is 0. The second-order valence-electron chi connectivity index (χ2n) is 3.82. The van der Waals surface area contributed by atoms with Crippen LogP contribution in [0.5, 0.6) is 0 Å². The van der Waals surface area contributed by atoms with Crippen molar-refractivity contribution in [3.8, 4) is 0 Å². The monoisotopic (exact) mass is 390 g/mol. The van der Waals surface area contributed by atoms with Crippen molar-refractivity contribution in [1.82, 2.24) is 0 Å². The fourth-order valence-corrected chi connectivity index (χ4v) is 1.93. The zero-order valence-electron chi connectivity index (χ0n) is 11.0. The van der Waals surface area contributed by atoms with Gasteiger partial charge in [0, 0.05) is 0 Å². The summed E-state index contributed by atoms with van der Waals surface area (Å²) in [6, 6.07) is 0. The molecular formula is C8H9F10O4P. The van der Waals surface area contributed by atoms with Gasteiger partial charge in [-0.05, 0) is 6.92 Å². The van der Waals surface area contributed by atoms with Crippen LogP contribution >= 0.6 is 7.82 Å². The summed E-state index contributed by atoms with van der Waals surface area (Å²) in [6.07, 6.45) is -12.3. The summed E-state index contributed by atoms with van der Waals surface area (Å²) in [7, 11) is -5.51. The maximum atomic E-state index is 12.6. The van der Waals surface area contributed by atoms with E-state index in [0.29, 0.717) is 0 Å². The minimum absolute atomic E-state index is 0.757. The molecule has 0 bridgehead atoms. The third-order valence-electron chi connectivity index (χ3n) is 1.92. The first-order valence-corrected chi connectivity index (χ1v) is 6.86. The second-order valence-corrected chi connectivity index (χ2v) is 5.49. The quantitative estimate of drug-likeness (QED) is 0.450. The highest BCUT2D eigenvalue weighted by atomic mass is 31.2. The van der Waals surface area contributed by atoms with Crippen molar-refractivity contribution in [3.05, 3.63) is 0 Å². The first-order chi connectivity index (χ1) is 9.97. The summed E-state index contributed by atoms with van der Waals surface area (Å²) in [4.78, 5) is 0. The van der Waals surface area contributed by atoms with Crippen molar-refractivity contribution < 1.29 is 62.0 Å². The van der Waals surface area contributed by atoms with Crippen molar-refractivity contribution in [1.29, 1.82) is 0 Å². The standard InChI is InChI=1S/C8H9F10O4P/c1-2-20-23(19,21-3-5(9,10)7(13,14)15)22-4-6(11,12)8(16,17)18/h2-4H2,1H3. The lowest BCUT2D eigenvalue weighted by Crippen LogP contribution is -2.41. The third-order valence-corrected chi connectivity index (χ3v) is 3.39. The number of hydrogen-bond donors (Lipinski definition) is 0. The molecule has 4 nitrogen and oxygen atoms in total. The normalized spacial score (nSPS) is 15.1. The van der Waals surface area contributed by atoms with Crippen molar-refractivity contribution in [2.75, 3.05) is 19.8 Å². The smallest absolute Gasteiger partial charge is 0.287 e. The molecule has 0 aromatic heterocycles. The fourth-order valence-electron chi connectivity index (χ4n) is 0.754. The van der Waals surface area contributed by atoms with Gasteiger partial charge in [0.25, 0.3) is 0 Å². The molecule has 23 heavy (non-hydrogen) atoms. The highest BCUT2D eigenvalue weighted by Crippen LogP contribution is 2.53. The van der Waals surface area contributed by atoms with E-state index in [0.717, 1.165) is 6.92 Å². The number of hydrogen-bond acceptors (Lipinski definition) is 4. The van der Waals surface area contributed by atoms with Crippen LogP contribution in [-0.4, -0.2) is 44.0 Å². The van der Waals surface area contributed by atoms with Gasteiger partial charge in [-0.15, -0.1) is 0 Å². The van der Waals surface area contributed by atoms with E-state index in [-0.39, 0.29) is 0 Å². The number of phosphoric ester groups is 1. The van der Waals surface area contributed by atoms with Crippen molar-refractivity contribution >= 4 is 7.82 Å². The molecule has 0 saturated heterocycles. The van der Waals surface area contributed by atoms with E-state index in [1.807, 2.05) is 0 Å². The molecule has 0 aromatic carbocycles. The highest BCUT2D eigenvalue weighted by molar-refractivity contribution is 7.48. The summed E-state index contributed by atoms with van der Waals surface area (Å²) in [6.45, 7) is -5.10. The van der Waals surface area contributed by atoms with E-state index in [9.17, 15) is 48.5 Å². The van der Waals surface area contributed by atoms with E-state index < -0.39 is 51.8 Å². The maximum absolute atomic E-state index is 12.6. The molecule has 0 heterocycles. The zero-order chi connectivity index (χ0) is 18.7. The average Bonchev–Trinajstić information content (AvgIpc) is 2.32. The Kier molecular flexibility index (Phi) is 6.93. The van der Waals surface area contributed by atoms with Crippen molar-refractivity contribution in [3.63, 3.8) is 0 Å². The molecular weight excluding hydrogens is 381 g/mol. The minimum atomic E-state index is -6.14. The summed E-state index contributed by atoms with van der Waals surface area (Å²) < 4.78 is 144. The Morgan fingerprint density at radius 3 is 1.22 bits per heavy atom. The van der Waals surface area contributed by atoms with E-state index in [1.54, 1.807) is 0 Å². The molecule has 0 unspecified atom stereocenters. The molecule has 0 N–H and O–H groups in total. The topological polar surface area (TPSA) is 44.8 Å². The molecule has 15 heteroatoms. The van der Waals surface area contributed by atoms with Gasteiger partial charge in [0.05, 0.1) is 6.61 Å². The van der Waals surface area contributed by atoms with Gasteiger partial charge in [-0.25, -0.2) is 4.57 Å². The number of rotatable bonds is 8. The van der Waals surface area contributed by atoms with Gasteiger partial charge in [-0.2, -0.15) is 43.9 Å². The lowest BCUT2D eigenvalue weighted by molar-refractivity contribution is -0.295. The number of phosphoric acid groups is 1. The molecule has 0 aliphatic heterocycles. The lowest BCUT2D eigenvalue weighted by Gasteiger charge is -2.25. The van der Waals surface area contributed by atoms with Gasteiger partial charge in [0.15, 0.2) is 0 Å². The van der Waals surface area contributed by atoms with Crippen LogP contribution in [-0.2, 0) is 18.1 Å². The zero-order valence-corrected chi connectivity index (χ0v) is 11.9. The summed E-state index contributed by atoms with van der Waals surface area (Å²) >= 11 is 0. The van der Waals surface area contributed by atoms with Crippen LogP contribution in [0.2, 0.25) is 0 Å². The fraction of sp³-hybridized carbons (Fsp3) is 1.00. The van der Waals surface area contributed by atoms with Gasteiger partial charge in [-0.1, -0.05) is 0 Å². The minimum Gasteiger partial charge on any atom is -0.287 e. The molecule has 0 aliphatic rings. The Morgan fingerprint density at radius 1 is 0.696 bits per heavy atom. The van der Waals surface area contributed by atoms with Gasteiger partial charge >= 0.3 is 32.0 Å². The Morgan fingerprint density at radius 2 is 1.00 bits per heavy atom. The summed E-state index contributed by atoms with van der Waals surface area (Å²) in [5.74, 6) is -11.1. The predicted octanol–water partition coefficient (Wildman–Crippen LogP) is 4.56. The van der Waals surface area contributed by atoms with Gasteiger partial charge in [0.2, 0.25) is 0 Å². The largest absolute Gasteiger partial charge is 0.475 e. The molecule has 0 amide bonds. The van der Waals surface area contributed by atoms with Gasteiger partial charge in [0.1, 0.15) is 13.2 Å². The third kappa shape index (κ3) is 6.43. The number of halogens is 10. The molecule has 0 radical (unpaired) electrons. The van der Waals surface area contributed by atoms with Crippen LogP contribution in [0.4, 0.5) is 43.9 Å². The number of alkyl halides is 10. The first kappa shape index (κ1) is 22.4. The van der Waals surface area contributed by atoms with Gasteiger partial charge in [-0.3, -0.25) is 13.6 Å². The van der Waals surface area contributed by atoms with Crippen LogP contribution in [0.25, 0.3) is 0 Å². The van der Waals surface area contributed by atoms with E-state index in [1.165, 1.54) is 0 Å². The Labute approximate surface area is 122 Å². The van der Waals surface area contributed by atoms with E-state index >= 15 is 0 Å². The Balaban J connectivity index is 4.99. The Hall–Kier alpha value is -0.590. The Bertz CT molecular complexity index is 398. The molecule has 0 aromatic rings. The van der Waals surface area contributed by atoms with Crippen LogP contribution in [0.3, 0.4) is 0 Å². The molecule has 0 rings (SSSR count). The van der Waals surface area contributed by atoms with Gasteiger partial charge < -0.3 is 0 Å². The van der Waals surface area contributed by atoms with Crippen LogP contribution in [0, 0.1) is 0 Å². The highest BCUT2D eigenvalue weighted by Gasteiger charge is 2.60. The van der Waals surface area contributed by atoms with Crippen LogP contribution < -0.4 is 0 Å². The SMILES string of the molecule is CCOP(=O)(OCC(F)(F)C(F)(F)F)OCC(F)(F)C(F)(F)F. The molecule has 0 aliphatic carbocycles. The first-order valence-electron chi connectivity index (χ1n) is 5.40. The lowest BCUT2D eigenvalue weighted by atomic mass is 10.3. The van der Waals surface area contributed by atoms with E-state index in [4.69, 9.17) is 0 Å². The van der Waals surface area contributed by atoms with Crippen molar-refractivity contribution in [2.45, 2.75) is 31.1 Å². The summed E-state index contributed by atoms with van der Waals surface area (Å²) in [5, 5.41) is 0. The van der Waals surface area contributed by atoms with E-state index in [2.05, 4.69) is 13.6 Å². The van der Waals surface area contributed by atoms with Crippen LogP contribution in [0.15, 0.2) is 0 Å². The molecule has 0 spiro atoms.